The van der Waals surface area contributed by atoms with Crippen LogP contribution in [0, 0.1) is 0 Å². The van der Waals surface area contributed by atoms with E-state index in [1.54, 1.807) is 0 Å². The number of carbonyl (C=O) groups is 1. The highest BCUT2D eigenvalue weighted by Gasteiger charge is 2.09. The lowest BCUT2D eigenvalue weighted by molar-refractivity contribution is 0.0694. The Labute approximate surface area is 87.1 Å². The van der Waals surface area contributed by atoms with Gasteiger partial charge >= 0.3 is 5.97 Å². The number of phenols is 1. The molecule has 0 amide bonds. The summed E-state index contributed by atoms with van der Waals surface area (Å²) in [6.45, 7) is 2.57. The topological polar surface area (TPSA) is 82.2 Å². The van der Waals surface area contributed by atoms with E-state index in [2.05, 4.69) is 10.2 Å². The van der Waals surface area contributed by atoms with Gasteiger partial charge in [0.25, 0.3) is 0 Å². The summed E-state index contributed by atoms with van der Waals surface area (Å²) in [5, 5.41) is 25.6. The van der Waals surface area contributed by atoms with Gasteiger partial charge in [-0.2, -0.15) is 10.2 Å². The first-order chi connectivity index (χ1) is 7.15. The van der Waals surface area contributed by atoms with Gasteiger partial charge in [0.15, 0.2) is 0 Å². The number of benzene rings is 1. The van der Waals surface area contributed by atoms with E-state index in [0.717, 1.165) is 6.42 Å². The van der Waals surface area contributed by atoms with Crippen LogP contribution in [0.15, 0.2) is 28.4 Å². The van der Waals surface area contributed by atoms with Crippen LogP contribution in [0.4, 0.5) is 5.69 Å². The van der Waals surface area contributed by atoms with E-state index in [-0.39, 0.29) is 11.3 Å². The highest BCUT2D eigenvalue weighted by atomic mass is 16.4. The molecule has 80 valence electrons. The molecule has 0 saturated carbocycles. The predicted molar refractivity (Wildman–Crippen MR) is 54.7 cm³/mol. The van der Waals surface area contributed by atoms with Crippen LogP contribution in [-0.4, -0.2) is 22.7 Å². The average molecular weight is 208 g/mol. The number of hydrogen-bond donors (Lipinski definition) is 2. The normalized spacial score (nSPS) is 10.7. The lowest BCUT2D eigenvalue weighted by Crippen LogP contribution is -1.95. The minimum atomic E-state index is -1.18. The molecule has 1 aromatic rings. The Kier molecular flexibility index (Phi) is 3.79. The molecule has 0 unspecified atom stereocenters. The number of nitrogens with zero attached hydrogens (tertiary/aromatic N) is 2. The highest BCUT2D eigenvalue weighted by molar-refractivity contribution is 5.91. The average Bonchev–Trinajstić information content (AvgIpc) is 2.20. The molecule has 0 spiro atoms. The van der Waals surface area contributed by atoms with Crippen LogP contribution >= 0.6 is 0 Å². The molecule has 5 nitrogen and oxygen atoms in total. The van der Waals surface area contributed by atoms with Crippen LogP contribution in [0.3, 0.4) is 0 Å². The van der Waals surface area contributed by atoms with Gasteiger partial charge in [0.1, 0.15) is 11.3 Å². The molecule has 0 aliphatic heterocycles. The summed E-state index contributed by atoms with van der Waals surface area (Å²) in [6, 6.07) is 4.10. The summed E-state index contributed by atoms with van der Waals surface area (Å²) < 4.78 is 0. The van der Waals surface area contributed by atoms with E-state index < -0.39 is 5.97 Å². The van der Waals surface area contributed by atoms with Gasteiger partial charge < -0.3 is 10.2 Å². The maximum absolute atomic E-state index is 10.7. The van der Waals surface area contributed by atoms with Crippen LogP contribution in [0.2, 0.25) is 0 Å². The first-order valence-electron chi connectivity index (χ1n) is 4.59. The Bertz CT molecular complexity index is 388. The molecular weight excluding hydrogens is 196 g/mol. The van der Waals surface area contributed by atoms with Crippen LogP contribution in [-0.2, 0) is 0 Å². The van der Waals surface area contributed by atoms with Crippen molar-refractivity contribution in [3.05, 3.63) is 23.8 Å². The first kappa shape index (κ1) is 11.2. The van der Waals surface area contributed by atoms with E-state index in [9.17, 15) is 9.90 Å². The largest absolute Gasteiger partial charge is 0.507 e. The third-order valence-electron chi connectivity index (χ3n) is 1.72. The number of aromatic hydroxyl groups is 1. The van der Waals surface area contributed by atoms with Gasteiger partial charge in [0.2, 0.25) is 0 Å². The molecule has 2 N–H and O–H groups in total. The van der Waals surface area contributed by atoms with Crippen molar-refractivity contribution in [3.8, 4) is 5.75 Å². The Morgan fingerprint density at radius 2 is 2.20 bits per heavy atom. The van der Waals surface area contributed by atoms with Crippen LogP contribution in [0.1, 0.15) is 23.7 Å². The van der Waals surface area contributed by atoms with Crippen LogP contribution < -0.4 is 0 Å². The van der Waals surface area contributed by atoms with Crippen molar-refractivity contribution < 1.29 is 15.0 Å². The van der Waals surface area contributed by atoms with Gasteiger partial charge in [0, 0.05) is 0 Å². The van der Waals surface area contributed by atoms with Crippen molar-refractivity contribution in [2.24, 2.45) is 10.2 Å². The maximum Gasteiger partial charge on any atom is 0.339 e. The number of carboxylic acids is 1. The lowest BCUT2D eigenvalue weighted by atomic mass is 10.2. The Morgan fingerprint density at radius 1 is 1.47 bits per heavy atom. The summed E-state index contributed by atoms with van der Waals surface area (Å²) in [4.78, 5) is 10.7. The van der Waals surface area contributed by atoms with Crippen LogP contribution in [0.5, 0.6) is 5.75 Å². The fourth-order valence-corrected chi connectivity index (χ4v) is 0.989. The van der Waals surface area contributed by atoms with Crippen molar-refractivity contribution in [2.45, 2.75) is 13.3 Å². The second kappa shape index (κ2) is 5.09. The highest BCUT2D eigenvalue weighted by Crippen LogP contribution is 2.23. The summed E-state index contributed by atoms with van der Waals surface area (Å²) >= 11 is 0. The number of hydrogen-bond acceptors (Lipinski definition) is 4. The summed E-state index contributed by atoms with van der Waals surface area (Å²) in [5.41, 5.74) is 0.265. The number of azo groups is 1. The first-order valence-corrected chi connectivity index (χ1v) is 4.59. The van der Waals surface area contributed by atoms with Crippen molar-refractivity contribution in [1.29, 1.82) is 0 Å². The van der Waals surface area contributed by atoms with Crippen molar-refractivity contribution in [3.63, 3.8) is 0 Å². The molecule has 0 fully saturated rings. The third-order valence-corrected chi connectivity index (χ3v) is 1.72. The smallest absolute Gasteiger partial charge is 0.339 e. The molecule has 1 rings (SSSR count). The molecule has 0 saturated heterocycles. The Balaban J connectivity index is 2.92. The molecule has 0 aliphatic carbocycles. The number of carboxylic acid groups (broad SMARTS) is 1. The zero-order valence-electron chi connectivity index (χ0n) is 8.34. The zero-order chi connectivity index (χ0) is 11.3. The third kappa shape index (κ3) is 3.05. The van der Waals surface area contributed by atoms with Gasteiger partial charge in [0.05, 0.1) is 12.2 Å². The van der Waals surface area contributed by atoms with Crippen LogP contribution in [0.25, 0.3) is 0 Å². The van der Waals surface area contributed by atoms with Gasteiger partial charge in [-0.25, -0.2) is 4.79 Å². The lowest BCUT2D eigenvalue weighted by Gasteiger charge is -1.99. The minimum Gasteiger partial charge on any atom is -0.507 e. The molecule has 5 heteroatoms. The molecule has 0 aromatic heterocycles. The summed E-state index contributed by atoms with van der Waals surface area (Å²) in [7, 11) is 0. The molecule has 0 atom stereocenters. The SMILES string of the molecule is CCCN=Nc1ccc(O)c(C(=O)O)c1. The minimum absolute atomic E-state index is 0.164. The summed E-state index contributed by atoms with van der Waals surface area (Å²) in [6.07, 6.45) is 0.882. The standard InChI is InChI=1S/C10H12N2O3/c1-2-5-11-12-7-3-4-9(13)8(6-7)10(14)15/h3-4,6,13H,2,5H2,1H3,(H,14,15). The van der Waals surface area contributed by atoms with Crippen molar-refractivity contribution in [2.75, 3.05) is 6.54 Å². The fraction of sp³-hybridized carbons (Fsp3) is 0.300. The Morgan fingerprint density at radius 3 is 2.80 bits per heavy atom. The second-order valence-corrected chi connectivity index (χ2v) is 2.97. The molecule has 0 bridgehead atoms. The van der Waals surface area contributed by atoms with Gasteiger partial charge in [-0.3, -0.25) is 0 Å². The fourth-order valence-electron chi connectivity index (χ4n) is 0.989. The molecule has 15 heavy (non-hydrogen) atoms. The molecule has 0 aliphatic rings. The number of rotatable bonds is 4. The molecule has 1 aromatic carbocycles. The molecule has 0 heterocycles. The van der Waals surface area contributed by atoms with Gasteiger partial charge in [-0.1, -0.05) is 6.92 Å². The maximum atomic E-state index is 10.7. The second-order valence-electron chi connectivity index (χ2n) is 2.97. The zero-order valence-corrected chi connectivity index (χ0v) is 8.34. The van der Waals surface area contributed by atoms with E-state index in [4.69, 9.17) is 5.11 Å². The van der Waals surface area contributed by atoms with Gasteiger partial charge in [-0.15, -0.1) is 0 Å². The van der Waals surface area contributed by atoms with Crippen molar-refractivity contribution in [1.82, 2.24) is 0 Å². The monoisotopic (exact) mass is 208 g/mol. The molecule has 0 radical (unpaired) electrons. The number of aromatic carboxylic acids is 1. The van der Waals surface area contributed by atoms with E-state index >= 15 is 0 Å². The van der Waals surface area contributed by atoms with E-state index in [1.807, 2.05) is 6.92 Å². The van der Waals surface area contributed by atoms with Gasteiger partial charge in [-0.05, 0) is 24.6 Å². The summed E-state index contributed by atoms with van der Waals surface area (Å²) in [5.74, 6) is -1.45. The van der Waals surface area contributed by atoms with Crippen molar-refractivity contribution >= 4 is 11.7 Å². The quantitative estimate of drug-likeness (QED) is 0.746. The Hall–Kier alpha value is -1.91. The predicted octanol–water partition coefficient (Wildman–Crippen LogP) is 2.58. The van der Waals surface area contributed by atoms with E-state index in [1.165, 1.54) is 18.2 Å². The molecular formula is C10H12N2O3. The van der Waals surface area contributed by atoms with E-state index in [0.29, 0.717) is 12.2 Å².